The molecule has 0 aromatic carbocycles. The zero-order valence-corrected chi connectivity index (χ0v) is 54.8. The van der Waals surface area contributed by atoms with Crippen LogP contribution in [-0.4, -0.2) is 99.6 Å². The second-order valence-electron chi connectivity index (χ2n) is 25.0. The summed E-state index contributed by atoms with van der Waals surface area (Å²) in [7, 11) is 0. The maximum Gasteiger partial charge on any atom is 0.306 e. The number of carbonyl (C=O) groups is 2. The van der Waals surface area contributed by atoms with Crippen LogP contribution in [0.25, 0.3) is 0 Å². The molecule has 11 nitrogen and oxygen atoms in total. The molecular formula is C73H135NO10. The van der Waals surface area contributed by atoms with E-state index in [0.29, 0.717) is 19.3 Å². The van der Waals surface area contributed by atoms with Gasteiger partial charge in [0, 0.05) is 6.42 Å². The third-order valence-corrected chi connectivity index (χ3v) is 17.0. The lowest BCUT2D eigenvalue weighted by Gasteiger charge is -2.41. The van der Waals surface area contributed by atoms with Crippen LogP contribution in [0.2, 0.25) is 0 Å². The average Bonchev–Trinajstić information content (AvgIpc) is 3.69. The van der Waals surface area contributed by atoms with Crippen molar-refractivity contribution >= 4 is 11.9 Å². The summed E-state index contributed by atoms with van der Waals surface area (Å²) in [6.45, 7) is 5.80. The van der Waals surface area contributed by atoms with Gasteiger partial charge in [-0.3, -0.25) is 9.59 Å². The highest BCUT2D eigenvalue weighted by atomic mass is 16.7. The molecule has 1 fully saturated rings. The van der Waals surface area contributed by atoms with E-state index in [-0.39, 0.29) is 13.0 Å². The number of hydrogen-bond donors (Lipinski definition) is 6. The number of rotatable bonds is 62. The lowest BCUT2D eigenvalue weighted by Crippen LogP contribution is -2.61. The van der Waals surface area contributed by atoms with Crippen molar-refractivity contribution in [2.75, 3.05) is 13.2 Å². The Bertz CT molecular complexity index is 1550. The van der Waals surface area contributed by atoms with E-state index in [2.05, 4.69) is 62.5 Å². The van der Waals surface area contributed by atoms with E-state index in [1.807, 2.05) is 6.08 Å². The minimum Gasteiger partial charge on any atom is -0.454 e. The minimum absolute atomic E-state index is 0.120. The summed E-state index contributed by atoms with van der Waals surface area (Å²) in [4.78, 5) is 26.7. The topological polar surface area (TPSA) is 175 Å². The van der Waals surface area contributed by atoms with Gasteiger partial charge in [-0.2, -0.15) is 0 Å². The third-order valence-electron chi connectivity index (χ3n) is 17.0. The summed E-state index contributed by atoms with van der Waals surface area (Å²) in [6.07, 6.45) is 65.8. The Morgan fingerprint density at radius 3 is 1.25 bits per heavy atom. The monoisotopic (exact) mass is 1190 g/mol. The number of ether oxygens (including phenoxy) is 3. The fraction of sp³-hybridized carbons (Fsp3) is 0.863. The fourth-order valence-electron chi connectivity index (χ4n) is 11.3. The molecule has 8 atom stereocenters. The van der Waals surface area contributed by atoms with Gasteiger partial charge >= 0.3 is 5.97 Å². The van der Waals surface area contributed by atoms with Crippen LogP contribution in [0.1, 0.15) is 342 Å². The van der Waals surface area contributed by atoms with Crippen LogP contribution >= 0.6 is 0 Å². The number of carbonyl (C=O) groups excluding carboxylic acids is 2. The summed E-state index contributed by atoms with van der Waals surface area (Å²) in [5.74, 6) is -1.19. The van der Waals surface area contributed by atoms with Crippen LogP contribution < -0.4 is 5.32 Å². The molecule has 1 aliphatic rings. The summed E-state index contributed by atoms with van der Waals surface area (Å²) >= 11 is 0. The molecule has 492 valence electrons. The predicted molar refractivity (Wildman–Crippen MR) is 352 cm³/mol. The van der Waals surface area contributed by atoms with Gasteiger partial charge in [-0.05, 0) is 83.5 Å². The van der Waals surface area contributed by atoms with E-state index in [1.165, 1.54) is 225 Å². The van der Waals surface area contributed by atoms with Crippen molar-refractivity contribution in [2.24, 2.45) is 0 Å². The maximum absolute atomic E-state index is 13.5. The Labute approximate surface area is 516 Å². The molecule has 1 rings (SSSR count). The molecule has 0 aliphatic carbocycles. The fourth-order valence-corrected chi connectivity index (χ4v) is 11.3. The maximum atomic E-state index is 13.5. The van der Waals surface area contributed by atoms with Crippen molar-refractivity contribution in [3.05, 3.63) is 48.6 Å². The normalized spacial score (nSPS) is 18.7. The quantitative estimate of drug-likeness (QED) is 0.0195. The lowest BCUT2D eigenvalue weighted by molar-refractivity contribution is -0.305. The molecule has 0 spiro atoms. The number of allylic oxidation sites excluding steroid dienone is 7. The number of nitrogens with one attached hydrogen (secondary N) is 1. The van der Waals surface area contributed by atoms with Gasteiger partial charge in [0.2, 0.25) is 5.91 Å². The molecule has 0 aromatic rings. The summed E-state index contributed by atoms with van der Waals surface area (Å²) in [5.41, 5.74) is 0. The van der Waals surface area contributed by atoms with Crippen molar-refractivity contribution in [1.29, 1.82) is 0 Å². The molecule has 1 saturated heterocycles. The van der Waals surface area contributed by atoms with Crippen LogP contribution in [0, 0.1) is 0 Å². The van der Waals surface area contributed by atoms with Gasteiger partial charge in [0.1, 0.15) is 24.4 Å². The number of hydrogen-bond acceptors (Lipinski definition) is 10. The SMILES string of the molecule is CCCCC/C=C\C/C=C\CCCCCCCCCCCC(=O)OC1C(OCC(NC(=O)C(O)CCCCCCCCCCCCCCCC/C=C/CCCCCCCC)C(O)/C=C/CCCCCCCCCCCC)OC(CO)C(O)C1O. The molecular weight excluding hydrogens is 1050 g/mol. The van der Waals surface area contributed by atoms with E-state index in [4.69, 9.17) is 14.2 Å². The largest absolute Gasteiger partial charge is 0.454 e. The molecule has 0 saturated carbocycles. The van der Waals surface area contributed by atoms with Crippen LogP contribution in [0.5, 0.6) is 0 Å². The second kappa shape index (κ2) is 60.9. The van der Waals surface area contributed by atoms with Gasteiger partial charge < -0.3 is 45.1 Å². The second-order valence-corrected chi connectivity index (χ2v) is 25.0. The average molecular weight is 1190 g/mol. The molecule has 1 amide bonds. The van der Waals surface area contributed by atoms with E-state index >= 15 is 0 Å². The van der Waals surface area contributed by atoms with Gasteiger partial charge in [-0.15, -0.1) is 0 Å². The summed E-state index contributed by atoms with van der Waals surface area (Å²) < 4.78 is 17.7. The van der Waals surface area contributed by atoms with Gasteiger partial charge in [0.25, 0.3) is 0 Å². The van der Waals surface area contributed by atoms with Crippen LogP contribution in [-0.2, 0) is 23.8 Å². The van der Waals surface area contributed by atoms with Crippen LogP contribution in [0.15, 0.2) is 48.6 Å². The Balaban J connectivity index is 2.56. The van der Waals surface area contributed by atoms with Crippen LogP contribution in [0.3, 0.4) is 0 Å². The minimum atomic E-state index is -1.61. The van der Waals surface area contributed by atoms with Crippen LogP contribution in [0.4, 0.5) is 0 Å². The highest BCUT2D eigenvalue weighted by Gasteiger charge is 2.47. The Morgan fingerprint density at radius 2 is 0.821 bits per heavy atom. The standard InChI is InChI=1S/C73H135NO10/c1-4-7-10-13-16-19-22-25-27-29-31-32-33-34-35-37-38-40-42-45-48-51-54-57-60-66(77)72(81)74-64(65(76)59-56-53-50-47-44-24-21-18-15-12-9-6-3)63-82-73-71(70(80)69(79)67(62-75)83-73)84-68(78)61-58-55-52-49-46-43-41-39-36-30-28-26-23-20-17-14-11-8-5-2/h17,20,25-28,56,59,64-67,69-71,73,75-77,79-80H,4-16,18-19,21-24,29-55,57-58,60-63H2,1-3H3,(H,74,81)/b20-17-,27-25+,28-26-,59-56+. The Kier molecular flexibility index (Phi) is 57.7. The van der Waals surface area contributed by atoms with E-state index in [0.717, 1.165) is 70.6 Å². The number of amides is 1. The zero-order valence-electron chi connectivity index (χ0n) is 54.8. The van der Waals surface area contributed by atoms with E-state index < -0.39 is 67.4 Å². The molecule has 1 aliphatic heterocycles. The van der Waals surface area contributed by atoms with Gasteiger partial charge in [0.15, 0.2) is 12.4 Å². The van der Waals surface area contributed by atoms with Crippen molar-refractivity contribution in [1.82, 2.24) is 5.32 Å². The summed E-state index contributed by atoms with van der Waals surface area (Å²) in [5, 5.41) is 57.2. The first-order valence-corrected chi connectivity index (χ1v) is 35.9. The first-order valence-electron chi connectivity index (χ1n) is 35.9. The smallest absolute Gasteiger partial charge is 0.306 e. The highest BCUT2D eigenvalue weighted by Crippen LogP contribution is 2.26. The number of unbranched alkanes of at least 4 members (excludes halogenated alkanes) is 42. The van der Waals surface area contributed by atoms with Crippen molar-refractivity contribution < 1.29 is 49.3 Å². The van der Waals surface area contributed by atoms with Crippen molar-refractivity contribution in [3.63, 3.8) is 0 Å². The molecule has 1 heterocycles. The first kappa shape index (κ1) is 79.6. The highest BCUT2D eigenvalue weighted by molar-refractivity contribution is 5.80. The lowest BCUT2D eigenvalue weighted by atomic mass is 9.99. The molecule has 11 heteroatoms. The van der Waals surface area contributed by atoms with Gasteiger partial charge in [-0.1, -0.05) is 301 Å². The molecule has 0 bridgehead atoms. The first-order chi connectivity index (χ1) is 41.2. The zero-order chi connectivity index (χ0) is 61.0. The predicted octanol–water partition coefficient (Wildman–Crippen LogP) is 18.3. The van der Waals surface area contributed by atoms with E-state index in [9.17, 15) is 35.1 Å². The third kappa shape index (κ3) is 47.7. The van der Waals surface area contributed by atoms with Gasteiger partial charge in [-0.25, -0.2) is 0 Å². The molecule has 6 N–H and O–H groups in total. The molecule has 8 unspecified atom stereocenters. The molecule has 0 radical (unpaired) electrons. The Hall–Kier alpha value is -2.38. The molecule has 0 aromatic heterocycles. The Morgan fingerprint density at radius 1 is 0.464 bits per heavy atom. The summed E-state index contributed by atoms with van der Waals surface area (Å²) in [6, 6.07) is -1.02. The molecule has 84 heavy (non-hydrogen) atoms. The van der Waals surface area contributed by atoms with Crippen molar-refractivity contribution in [3.8, 4) is 0 Å². The van der Waals surface area contributed by atoms with Gasteiger partial charge in [0.05, 0.1) is 25.4 Å². The van der Waals surface area contributed by atoms with Crippen molar-refractivity contribution in [2.45, 2.75) is 391 Å². The number of aliphatic hydroxyl groups excluding tert-OH is 5. The number of esters is 1. The van der Waals surface area contributed by atoms with E-state index in [1.54, 1.807) is 6.08 Å². The number of aliphatic hydroxyl groups is 5.